The van der Waals surface area contributed by atoms with Crippen LogP contribution in [0.15, 0.2) is 54.4 Å². The monoisotopic (exact) mass is 479 g/mol. The number of likely N-dealkylation sites (tertiary alicyclic amines) is 2. The molecule has 2 fully saturated rings. The van der Waals surface area contributed by atoms with Crippen LogP contribution >= 0.6 is 0 Å². The van der Waals surface area contributed by atoms with Crippen LogP contribution in [0.3, 0.4) is 0 Å². The van der Waals surface area contributed by atoms with E-state index in [1.165, 1.54) is 0 Å². The van der Waals surface area contributed by atoms with Crippen LogP contribution in [0.1, 0.15) is 43.9 Å². The molecule has 184 valence electrons. The number of carbonyl (C=O) groups is 3. The van der Waals surface area contributed by atoms with E-state index in [1.54, 1.807) is 65.5 Å². The number of amides is 2. The Morgan fingerprint density at radius 3 is 2.46 bits per heavy atom. The lowest BCUT2D eigenvalue weighted by Gasteiger charge is -2.38. The molecular formula is C26H29N3O6. The third-order valence-corrected chi connectivity index (χ3v) is 6.30. The molecular weight excluding hydrogens is 450 g/mol. The fraction of sp³-hybridized carbons (Fsp3) is 0.385. The molecule has 1 aromatic heterocycles. The van der Waals surface area contributed by atoms with Crippen molar-refractivity contribution in [2.24, 2.45) is 0 Å². The Labute approximate surface area is 204 Å². The molecule has 0 radical (unpaired) electrons. The maximum atomic E-state index is 13.3. The number of piperidine rings is 1. The molecule has 2 aromatic rings. The minimum atomic E-state index is -0.770. The summed E-state index contributed by atoms with van der Waals surface area (Å²) in [6.45, 7) is 5.17. The first-order valence-electron chi connectivity index (χ1n) is 11.8. The van der Waals surface area contributed by atoms with Gasteiger partial charge in [0.05, 0.1) is 24.8 Å². The van der Waals surface area contributed by atoms with Crippen LogP contribution in [0.4, 0.5) is 4.79 Å². The van der Waals surface area contributed by atoms with E-state index in [0.717, 1.165) is 0 Å². The Morgan fingerprint density at radius 1 is 1.09 bits per heavy atom. The molecule has 35 heavy (non-hydrogen) atoms. The third-order valence-electron chi connectivity index (χ3n) is 6.30. The van der Waals surface area contributed by atoms with Crippen molar-refractivity contribution in [3.8, 4) is 5.75 Å². The van der Waals surface area contributed by atoms with Gasteiger partial charge in [-0.2, -0.15) is 0 Å². The van der Waals surface area contributed by atoms with Gasteiger partial charge >= 0.3 is 6.09 Å². The Hall–Kier alpha value is -3.88. The zero-order valence-corrected chi connectivity index (χ0v) is 19.8. The average Bonchev–Trinajstić information content (AvgIpc) is 3.15. The minimum absolute atomic E-state index is 0.0303. The standard InChI is InChI=1S/C26H29N3O6/c1-3-34-20-7-5-6-18(16-20)23(30)21-22(17-8-12-27-13-9-17)29(25(32)24(21)31)19-10-14-28(15-11-19)26(33)35-4-2/h5-9,12-13,16,19,22,30H,3-4,10-11,14-15H2,1-2H3/b23-21+. The molecule has 2 aliphatic heterocycles. The zero-order chi connectivity index (χ0) is 24.9. The first-order chi connectivity index (χ1) is 17.0. The van der Waals surface area contributed by atoms with E-state index in [4.69, 9.17) is 9.47 Å². The van der Waals surface area contributed by atoms with Crippen molar-refractivity contribution in [2.75, 3.05) is 26.3 Å². The van der Waals surface area contributed by atoms with Gasteiger partial charge in [0.1, 0.15) is 11.5 Å². The smallest absolute Gasteiger partial charge is 0.409 e. The molecule has 1 aromatic carbocycles. The lowest BCUT2D eigenvalue weighted by molar-refractivity contribution is -0.142. The molecule has 4 rings (SSSR count). The quantitative estimate of drug-likeness (QED) is 0.384. The Kier molecular flexibility index (Phi) is 7.33. The molecule has 9 heteroatoms. The highest BCUT2D eigenvalue weighted by Crippen LogP contribution is 2.42. The van der Waals surface area contributed by atoms with Gasteiger partial charge in [-0.25, -0.2) is 4.79 Å². The average molecular weight is 480 g/mol. The summed E-state index contributed by atoms with van der Waals surface area (Å²) in [5.74, 6) is -1.10. The molecule has 0 aliphatic carbocycles. The van der Waals surface area contributed by atoms with Gasteiger partial charge in [-0.1, -0.05) is 12.1 Å². The first kappa shape index (κ1) is 24.3. The van der Waals surface area contributed by atoms with E-state index in [9.17, 15) is 19.5 Å². The summed E-state index contributed by atoms with van der Waals surface area (Å²) in [6, 6.07) is 9.23. The summed E-state index contributed by atoms with van der Waals surface area (Å²) < 4.78 is 10.6. The molecule has 0 saturated carbocycles. The van der Waals surface area contributed by atoms with Crippen molar-refractivity contribution in [2.45, 2.75) is 38.8 Å². The van der Waals surface area contributed by atoms with Gasteiger partial charge in [-0.05, 0) is 56.5 Å². The SMILES string of the molecule is CCOC(=O)N1CCC(N2C(=O)C(=O)/C(=C(/O)c3cccc(OCC)c3)C2c2ccncc2)CC1. The van der Waals surface area contributed by atoms with Crippen LogP contribution in [-0.2, 0) is 14.3 Å². The topological polar surface area (TPSA) is 109 Å². The van der Waals surface area contributed by atoms with Crippen LogP contribution in [0.2, 0.25) is 0 Å². The summed E-state index contributed by atoms with van der Waals surface area (Å²) >= 11 is 0. The van der Waals surface area contributed by atoms with Gasteiger partial charge < -0.3 is 24.4 Å². The number of aliphatic hydroxyl groups is 1. The number of benzene rings is 1. The minimum Gasteiger partial charge on any atom is -0.507 e. The molecule has 0 bridgehead atoms. The summed E-state index contributed by atoms with van der Waals surface area (Å²) in [6.07, 6.45) is 3.79. The summed E-state index contributed by atoms with van der Waals surface area (Å²) in [7, 11) is 0. The second kappa shape index (κ2) is 10.6. The first-order valence-corrected chi connectivity index (χ1v) is 11.8. The highest BCUT2D eigenvalue weighted by Gasteiger charge is 2.49. The van der Waals surface area contributed by atoms with E-state index >= 15 is 0 Å². The molecule has 1 unspecified atom stereocenters. The van der Waals surface area contributed by atoms with Gasteiger partial charge in [0.2, 0.25) is 0 Å². The molecule has 1 atom stereocenters. The molecule has 2 saturated heterocycles. The van der Waals surface area contributed by atoms with Crippen molar-refractivity contribution in [3.63, 3.8) is 0 Å². The van der Waals surface area contributed by atoms with E-state index < -0.39 is 17.7 Å². The highest BCUT2D eigenvalue weighted by molar-refractivity contribution is 6.46. The largest absolute Gasteiger partial charge is 0.507 e. The van der Waals surface area contributed by atoms with Crippen LogP contribution in [0, 0.1) is 0 Å². The van der Waals surface area contributed by atoms with Crippen molar-refractivity contribution in [3.05, 3.63) is 65.5 Å². The molecule has 9 nitrogen and oxygen atoms in total. The number of aliphatic hydroxyl groups excluding tert-OH is 1. The maximum Gasteiger partial charge on any atom is 0.409 e. The lowest BCUT2D eigenvalue weighted by Crippen LogP contribution is -2.48. The van der Waals surface area contributed by atoms with Gasteiger partial charge in [0.25, 0.3) is 11.7 Å². The number of ketones is 1. The molecule has 2 aliphatic rings. The number of ether oxygens (including phenoxy) is 2. The molecule has 0 spiro atoms. The maximum absolute atomic E-state index is 13.3. The number of Topliss-reactive ketones (excluding diaryl/α,β-unsaturated/α-hetero) is 1. The number of aromatic nitrogens is 1. The van der Waals surface area contributed by atoms with Gasteiger partial charge in [-0.3, -0.25) is 14.6 Å². The number of nitrogens with zero attached hydrogens (tertiary/aromatic N) is 3. The third kappa shape index (κ3) is 4.84. The molecule has 2 amide bonds. The number of rotatable bonds is 6. The summed E-state index contributed by atoms with van der Waals surface area (Å²) in [5.41, 5.74) is 1.10. The highest BCUT2D eigenvalue weighted by atomic mass is 16.6. The summed E-state index contributed by atoms with van der Waals surface area (Å²) in [5, 5.41) is 11.3. The van der Waals surface area contributed by atoms with Crippen LogP contribution in [-0.4, -0.2) is 70.0 Å². The van der Waals surface area contributed by atoms with Gasteiger partial charge in [-0.15, -0.1) is 0 Å². The van der Waals surface area contributed by atoms with Crippen molar-refractivity contribution in [1.29, 1.82) is 0 Å². The predicted molar refractivity (Wildman–Crippen MR) is 128 cm³/mol. The number of hydrogen-bond acceptors (Lipinski definition) is 7. The number of carbonyl (C=O) groups excluding carboxylic acids is 3. The second-order valence-corrected chi connectivity index (χ2v) is 8.36. The van der Waals surface area contributed by atoms with E-state index in [0.29, 0.717) is 56.0 Å². The van der Waals surface area contributed by atoms with E-state index in [-0.39, 0.29) is 23.5 Å². The van der Waals surface area contributed by atoms with Crippen LogP contribution in [0.25, 0.3) is 5.76 Å². The molecule has 3 heterocycles. The van der Waals surface area contributed by atoms with E-state index in [2.05, 4.69) is 4.98 Å². The fourth-order valence-corrected chi connectivity index (χ4v) is 4.70. The fourth-order valence-electron chi connectivity index (χ4n) is 4.70. The van der Waals surface area contributed by atoms with Crippen LogP contribution in [0.5, 0.6) is 5.75 Å². The van der Waals surface area contributed by atoms with Crippen molar-refractivity contribution >= 4 is 23.5 Å². The summed E-state index contributed by atoms with van der Waals surface area (Å²) in [4.78, 5) is 45.9. The van der Waals surface area contributed by atoms with E-state index in [1.807, 2.05) is 6.92 Å². The second-order valence-electron chi connectivity index (χ2n) is 8.36. The van der Waals surface area contributed by atoms with Crippen molar-refractivity contribution < 1.29 is 29.0 Å². The Morgan fingerprint density at radius 2 is 1.80 bits per heavy atom. The predicted octanol–water partition coefficient (Wildman–Crippen LogP) is 3.52. The van der Waals surface area contributed by atoms with Crippen molar-refractivity contribution in [1.82, 2.24) is 14.8 Å². The lowest BCUT2D eigenvalue weighted by atomic mass is 9.94. The van der Waals surface area contributed by atoms with Gasteiger partial charge in [0.15, 0.2) is 0 Å². The van der Waals surface area contributed by atoms with Gasteiger partial charge in [0, 0.05) is 37.1 Å². The zero-order valence-electron chi connectivity index (χ0n) is 19.8. The number of pyridine rings is 1. The molecule has 1 N–H and O–H groups in total. The Bertz CT molecular complexity index is 1120. The van der Waals surface area contributed by atoms with Crippen LogP contribution < -0.4 is 4.74 Å². The normalized spacial score (nSPS) is 20.2. The Balaban J connectivity index is 1.71. The number of hydrogen-bond donors (Lipinski definition) is 1.